The molecule has 3 aromatic rings. The third-order valence-corrected chi connectivity index (χ3v) is 13.8. The van der Waals surface area contributed by atoms with E-state index in [4.69, 9.17) is 40.9 Å². The number of ketones is 1. The number of Topliss-reactive ketones (excluding diaryl/α,β-unsaturated/α-hetero) is 1. The van der Waals surface area contributed by atoms with Gasteiger partial charge in [0, 0.05) is 62.2 Å². The van der Waals surface area contributed by atoms with Gasteiger partial charge in [0.15, 0.2) is 18.2 Å². The third-order valence-electron chi connectivity index (χ3n) is 13.8. The van der Waals surface area contributed by atoms with Crippen molar-refractivity contribution in [1.82, 2.24) is 39.7 Å². The zero-order valence-electron chi connectivity index (χ0n) is 40.2. The maximum absolute atomic E-state index is 14.7. The molecule has 5 heterocycles. The summed E-state index contributed by atoms with van der Waals surface area (Å²) in [6.07, 6.45) is -0.642. The molecule has 370 valence electrons. The number of carbonyl (C=O) groups excluding carboxylic acids is 3. The number of rotatable bonds is 13. The number of ether oxygens (including phenoxy) is 5. The highest BCUT2D eigenvalue weighted by Gasteiger charge is 2.63. The van der Waals surface area contributed by atoms with Crippen LogP contribution in [0.5, 0.6) is 0 Å². The van der Waals surface area contributed by atoms with Crippen LogP contribution in [0.2, 0.25) is 0 Å². The molecule has 0 spiro atoms. The van der Waals surface area contributed by atoms with Crippen molar-refractivity contribution < 1.29 is 43.2 Å². The first-order valence-electron chi connectivity index (χ1n) is 23.3. The van der Waals surface area contributed by atoms with Gasteiger partial charge in [-0.25, -0.2) is 9.59 Å². The number of nitrogen functional groups attached to an aromatic ring is 2. The summed E-state index contributed by atoms with van der Waals surface area (Å²) in [7, 11) is 5.24. The molecule has 3 aliphatic heterocycles. The fraction of sp³-hybridized carbons (Fsp3) is 0.674. The molecule has 21 nitrogen and oxygen atoms in total. The largest absolute Gasteiger partial charge is 0.455 e. The molecular weight excluding hydrogens is 867 g/mol. The number of likely N-dealkylation sites (N-methyl/N-ethyl adjacent to an activating group) is 1. The van der Waals surface area contributed by atoms with Gasteiger partial charge in [0.05, 0.1) is 24.0 Å². The minimum atomic E-state index is -1.98. The predicted molar refractivity (Wildman–Crippen MR) is 248 cm³/mol. The number of methoxy groups -OCH3 is 1. The van der Waals surface area contributed by atoms with Gasteiger partial charge >= 0.3 is 17.8 Å². The van der Waals surface area contributed by atoms with Crippen LogP contribution >= 0.6 is 0 Å². The average Bonchev–Trinajstić information content (AvgIpc) is 3.89. The number of fused-ring (bicyclic) bond motifs is 1. The highest BCUT2D eigenvalue weighted by atomic mass is 16.7. The molecule has 3 aliphatic rings. The van der Waals surface area contributed by atoms with Gasteiger partial charge in [0.1, 0.15) is 29.6 Å². The van der Waals surface area contributed by atoms with E-state index in [1.165, 1.54) is 30.9 Å². The first-order valence-corrected chi connectivity index (χ1v) is 23.3. The van der Waals surface area contributed by atoms with Gasteiger partial charge in [-0.2, -0.15) is 4.98 Å². The minimum absolute atomic E-state index is 0.0567. The zero-order chi connectivity index (χ0) is 49.0. The van der Waals surface area contributed by atoms with Crippen molar-refractivity contribution in [1.29, 1.82) is 0 Å². The summed E-state index contributed by atoms with van der Waals surface area (Å²) in [5, 5.41) is 23.8. The first-order chi connectivity index (χ1) is 31.8. The van der Waals surface area contributed by atoms with Crippen molar-refractivity contribution in [3.8, 4) is 11.3 Å². The Bertz CT molecular complexity index is 2240. The second kappa shape index (κ2) is 21.5. The molecule has 21 heteroatoms. The third kappa shape index (κ3) is 10.8. The molecule has 6 rings (SSSR count). The van der Waals surface area contributed by atoms with E-state index in [2.05, 4.69) is 20.6 Å². The number of aliphatic hydroxyl groups excluding tert-OH is 1. The Labute approximate surface area is 391 Å². The van der Waals surface area contributed by atoms with Crippen molar-refractivity contribution in [2.24, 2.45) is 23.5 Å². The number of esters is 1. The van der Waals surface area contributed by atoms with E-state index in [9.17, 15) is 24.3 Å². The molecular formula is C46H71N11O10. The number of cyclic esters (lactones) is 1. The second-order valence-electron chi connectivity index (χ2n) is 18.9. The number of benzene rings is 1. The Morgan fingerprint density at radius 2 is 1.79 bits per heavy atom. The highest BCUT2D eigenvalue weighted by Crippen LogP contribution is 2.43. The van der Waals surface area contributed by atoms with Crippen LogP contribution in [-0.4, -0.2) is 153 Å². The van der Waals surface area contributed by atoms with Gasteiger partial charge in [0.2, 0.25) is 0 Å². The van der Waals surface area contributed by atoms with E-state index >= 15 is 0 Å². The Balaban J connectivity index is 1.35. The summed E-state index contributed by atoms with van der Waals surface area (Å²) in [5.41, 5.74) is 16.2. The van der Waals surface area contributed by atoms with E-state index in [0.29, 0.717) is 50.2 Å². The molecule has 3 fully saturated rings. The first kappa shape index (κ1) is 51.4. The smallest absolute Gasteiger partial charge is 0.412 e. The van der Waals surface area contributed by atoms with Crippen molar-refractivity contribution >= 4 is 29.4 Å². The Morgan fingerprint density at radius 1 is 1.06 bits per heavy atom. The van der Waals surface area contributed by atoms with Gasteiger partial charge in [0.25, 0.3) is 5.72 Å². The topological polar surface area (TPSA) is 280 Å². The van der Waals surface area contributed by atoms with E-state index in [-0.39, 0.29) is 37.3 Å². The lowest BCUT2D eigenvalue weighted by Crippen LogP contribution is -2.65. The summed E-state index contributed by atoms with van der Waals surface area (Å²) in [4.78, 5) is 65.0. The minimum Gasteiger partial charge on any atom is -0.455 e. The summed E-state index contributed by atoms with van der Waals surface area (Å²) >= 11 is 0. The molecule has 2 aromatic heterocycles. The maximum Gasteiger partial charge on any atom is 0.412 e. The zero-order valence-corrected chi connectivity index (χ0v) is 40.2. The van der Waals surface area contributed by atoms with Crippen LogP contribution in [0.4, 0.5) is 16.3 Å². The van der Waals surface area contributed by atoms with E-state index in [1.807, 2.05) is 64.2 Å². The molecule has 2 unspecified atom stereocenters. The van der Waals surface area contributed by atoms with Crippen LogP contribution in [0.25, 0.3) is 11.3 Å². The van der Waals surface area contributed by atoms with E-state index in [0.717, 1.165) is 5.56 Å². The van der Waals surface area contributed by atoms with Crippen LogP contribution < -0.4 is 28.2 Å². The number of hydrogen-bond donors (Lipinski definition) is 5. The van der Waals surface area contributed by atoms with Crippen LogP contribution in [0.3, 0.4) is 0 Å². The number of amides is 1. The fourth-order valence-corrected chi connectivity index (χ4v) is 10.1. The predicted octanol–water partition coefficient (Wildman–Crippen LogP) is 1.96. The van der Waals surface area contributed by atoms with Crippen molar-refractivity contribution in [2.45, 2.75) is 140 Å². The molecule has 3 saturated heterocycles. The molecule has 0 aliphatic carbocycles. The quantitative estimate of drug-likeness (QED) is 0.0709. The van der Waals surface area contributed by atoms with E-state index in [1.54, 1.807) is 29.5 Å². The average molecular weight is 938 g/mol. The normalized spacial score (nSPS) is 33.5. The van der Waals surface area contributed by atoms with Gasteiger partial charge in [-0.15, -0.1) is 5.10 Å². The summed E-state index contributed by atoms with van der Waals surface area (Å²) in [6.45, 7) is 11.8. The maximum atomic E-state index is 14.7. The lowest BCUT2D eigenvalue weighted by molar-refractivity contribution is -0.296. The number of aryl methyl sites for hydroxylation is 1. The summed E-state index contributed by atoms with van der Waals surface area (Å²) in [5.74, 6) is -4.05. The summed E-state index contributed by atoms with van der Waals surface area (Å²) < 4.78 is 34.8. The van der Waals surface area contributed by atoms with E-state index < -0.39 is 89.5 Å². The second-order valence-corrected chi connectivity index (χ2v) is 18.9. The molecule has 67 heavy (non-hydrogen) atoms. The lowest BCUT2D eigenvalue weighted by Gasteiger charge is -2.47. The number of nitrogens with one attached hydrogen (secondary N) is 1. The van der Waals surface area contributed by atoms with Crippen LogP contribution in [0, 0.1) is 17.8 Å². The summed E-state index contributed by atoms with van der Waals surface area (Å²) in [6, 6.07) is 6.84. The Morgan fingerprint density at radius 3 is 2.45 bits per heavy atom. The van der Waals surface area contributed by atoms with Gasteiger partial charge in [-0.1, -0.05) is 38.1 Å². The number of aliphatic hydroxyl groups is 1. The van der Waals surface area contributed by atoms with Crippen molar-refractivity contribution in [3.05, 3.63) is 53.2 Å². The van der Waals surface area contributed by atoms with Crippen LogP contribution in [-0.2, 0) is 45.5 Å². The number of aromatic nitrogens is 5. The molecule has 1 amide bonds. The standard InChI is InChI=1S/C46H71N11O10/c1-10-35-46(57-19-16-36(49)51-43(57)61)39(56(44(62)67-46)18-12-11-17-55-25-33(52-53-55)30-14-13-15-31(48)20-30)29(5)50-24-26(2)22-45(6,63-9)40(27(3)37(58)28(4)41(60)65-35)66-42-38(59)34(54(7)8)21-32(23-47)64-42/h13-16,19-20,25-29,32,34-35,38-40,42,50,59H,10-12,17-18,21-24,47-48H2,1-9H3,(H2,49,51,61)/t26-,27+,28-,29-,32+,34?,35-,38?,39-,40-,42+,45-,46-/m1/s1. The van der Waals surface area contributed by atoms with Gasteiger partial charge in [-0.3, -0.25) is 23.7 Å². The van der Waals surface area contributed by atoms with Crippen molar-refractivity contribution in [2.75, 3.05) is 52.3 Å². The Hall–Kier alpha value is -5.03. The fourth-order valence-electron chi connectivity index (χ4n) is 10.1. The number of carbonyl (C=O) groups is 3. The molecule has 1 aromatic carbocycles. The Kier molecular flexibility index (Phi) is 16.5. The van der Waals surface area contributed by atoms with Gasteiger partial charge in [-0.05, 0) is 97.6 Å². The van der Waals surface area contributed by atoms with Crippen LogP contribution in [0.15, 0.2) is 47.5 Å². The van der Waals surface area contributed by atoms with Gasteiger partial charge < -0.3 is 56.2 Å². The number of nitrogens with zero attached hydrogens (tertiary/aromatic N) is 7. The molecule has 8 N–H and O–H groups in total. The molecule has 0 bridgehead atoms. The molecule has 0 radical (unpaired) electrons. The number of nitrogens with two attached hydrogens (primary N) is 3. The highest BCUT2D eigenvalue weighted by molar-refractivity contribution is 6.00. The number of unbranched alkanes of at least 4 members (excludes halogenated alkanes) is 1. The monoisotopic (exact) mass is 938 g/mol. The SMILES string of the molecule is CC[C@H]1OC(=O)[C@H](C)C(=O)[C@H](C)[C@@H](O[C@@H]2O[C@H](CN)CC(N(C)C)C2O)[C@](C)(OC)C[C@@H](C)CN[C@H](C)[C@H]2N(CCCCn3cc(-c4cccc(N)c4)nn3)C(=O)O[C@]12n1ccc(N)nc1=O. The molecule has 0 saturated carbocycles. The lowest BCUT2D eigenvalue weighted by atomic mass is 9.78. The molecule has 13 atom stereocenters. The van der Waals surface area contributed by atoms with Crippen LogP contribution in [0.1, 0.15) is 73.6 Å². The van der Waals surface area contributed by atoms with Crippen molar-refractivity contribution in [3.63, 3.8) is 0 Å². The number of anilines is 2. The number of hydrogen-bond acceptors (Lipinski definition) is 18.